The minimum Gasteiger partial charge on any atom is -0.482 e. The van der Waals surface area contributed by atoms with Crippen molar-refractivity contribution < 1.29 is 19.1 Å². The maximum Gasteiger partial charge on any atom is 0.344 e. The second-order valence-electron chi connectivity index (χ2n) is 5.21. The zero-order valence-electron chi connectivity index (χ0n) is 13.5. The smallest absolute Gasteiger partial charge is 0.344 e. The molecule has 0 aromatic heterocycles. The molecule has 1 N–H and O–H groups in total. The van der Waals surface area contributed by atoms with Crippen LogP contribution in [-0.4, -0.2) is 25.1 Å². The zero-order valence-corrected chi connectivity index (χ0v) is 15.0. The Balaban J connectivity index is 1.73. The van der Waals surface area contributed by atoms with E-state index >= 15 is 0 Å². The van der Waals surface area contributed by atoms with Gasteiger partial charge in [-0.05, 0) is 42.8 Å². The van der Waals surface area contributed by atoms with Crippen molar-refractivity contribution in [3.8, 4) is 5.75 Å². The Morgan fingerprint density at radius 1 is 1.04 bits per heavy atom. The summed E-state index contributed by atoms with van der Waals surface area (Å²) < 4.78 is 10.1. The van der Waals surface area contributed by atoms with Gasteiger partial charge in [-0.3, -0.25) is 4.79 Å². The Kier molecular flexibility index (Phi) is 7.10. The van der Waals surface area contributed by atoms with Gasteiger partial charge in [-0.2, -0.15) is 0 Å². The van der Waals surface area contributed by atoms with Gasteiger partial charge in [0.2, 0.25) is 0 Å². The van der Waals surface area contributed by atoms with E-state index in [1.54, 1.807) is 37.3 Å². The number of hydrogen-bond donors (Lipinski definition) is 1. The Morgan fingerprint density at radius 2 is 1.72 bits per heavy atom. The molecule has 2 aromatic rings. The molecule has 0 saturated carbocycles. The van der Waals surface area contributed by atoms with Gasteiger partial charge in [0.1, 0.15) is 5.75 Å². The molecule has 25 heavy (non-hydrogen) atoms. The maximum atomic E-state index is 11.9. The first kappa shape index (κ1) is 19.1. The molecule has 0 fully saturated rings. The molecule has 132 valence electrons. The molecule has 0 saturated heterocycles. The third-order valence-electron chi connectivity index (χ3n) is 3.28. The van der Waals surface area contributed by atoms with Crippen LogP contribution in [0.1, 0.15) is 18.5 Å². The molecular weight excluding hydrogens is 365 g/mol. The molecule has 2 aromatic carbocycles. The normalized spacial score (nSPS) is 11.5. The Bertz CT molecular complexity index is 734. The number of esters is 1. The van der Waals surface area contributed by atoms with Crippen molar-refractivity contribution in [2.24, 2.45) is 0 Å². The van der Waals surface area contributed by atoms with Crippen LogP contribution in [0.2, 0.25) is 10.0 Å². The first-order valence-corrected chi connectivity index (χ1v) is 8.29. The van der Waals surface area contributed by atoms with Crippen LogP contribution in [0.3, 0.4) is 0 Å². The highest BCUT2D eigenvalue weighted by Gasteiger charge is 2.14. The van der Waals surface area contributed by atoms with Crippen molar-refractivity contribution in [2.75, 3.05) is 13.2 Å². The van der Waals surface area contributed by atoms with E-state index < -0.39 is 18.5 Å². The van der Waals surface area contributed by atoms with Gasteiger partial charge in [-0.15, -0.1) is 0 Å². The fraction of sp³-hybridized carbons (Fsp3) is 0.222. The van der Waals surface area contributed by atoms with Crippen LogP contribution in [0.15, 0.2) is 48.5 Å². The van der Waals surface area contributed by atoms with Crippen LogP contribution >= 0.6 is 23.2 Å². The van der Waals surface area contributed by atoms with Crippen molar-refractivity contribution in [3.63, 3.8) is 0 Å². The summed E-state index contributed by atoms with van der Waals surface area (Å²) in [7, 11) is 0. The van der Waals surface area contributed by atoms with E-state index in [4.69, 9.17) is 32.7 Å². The summed E-state index contributed by atoms with van der Waals surface area (Å²) in [6.45, 7) is 1.11. The highest BCUT2D eigenvalue weighted by Crippen LogP contribution is 2.21. The molecule has 0 spiro atoms. The van der Waals surface area contributed by atoms with E-state index in [1.165, 1.54) is 0 Å². The van der Waals surface area contributed by atoms with Crippen LogP contribution < -0.4 is 10.1 Å². The Labute approximate surface area is 155 Å². The molecular formula is C18H17Cl2NO4. The lowest BCUT2D eigenvalue weighted by atomic mass is 10.1. The summed E-state index contributed by atoms with van der Waals surface area (Å²) in [5, 5.41) is 3.84. The number of carbonyl (C=O) groups is 2. The highest BCUT2D eigenvalue weighted by atomic mass is 35.5. The lowest BCUT2D eigenvalue weighted by molar-refractivity contribution is -0.150. The summed E-state index contributed by atoms with van der Waals surface area (Å²) in [6.07, 6.45) is 0. The van der Waals surface area contributed by atoms with Gasteiger partial charge in [0, 0.05) is 10.0 Å². The number of carbonyl (C=O) groups excluding carboxylic acids is 2. The van der Waals surface area contributed by atoms with Gasteiger partial charge < -0.3 is 14.8 Å². The number of hydrogen-bond acceptors (Lipinski definition) is 4. The molecule has 5 nitrogen and oxygen atoms in total. The summed E-state index contributed by atoms with van der Waals surface area (Å²) in [6, 6.07) is 13.5. The van der Waals surface area contributed by atoms with Crippen molar-refractivity contribution >= 4 is 35.1 Å². The van der Waals surface area contributed by atoms with E-state index in [9.17, 15) is 9.59 Å². The summed E-state index contributed by atoms with van der Waals surface area (Å²) >= 11 is 11.8. The molecule has 0 aliphatic heterocycles. The topological polar surface area (TPSA) is 64.6 Å². The predicted octanol–water partition coefficient (Wildman–Crippen LogP) is 3.79. The molecule has 0 bridgehead atoms. The fourth-order valence-electron chi connectivity index (χ4n) is 2.05. The highest BCUT2D eigenvalue weighted by molar-refractivity contribution is 6.31. The summed E-state index contributed by atoms with van der Waals surface area (Å²) in [5.74, 6) is -0.582. The fourth-order valence-corrected chi connectivity index (χ4v) is 2.47. The molecule has 1 amide bonds. The quantitative estimate of drug-likeness (QED) is 0.740. The van der Waals surface area contributed by atoms with E-state index in [2.05, 4.69) is 5.32 Å². The Hall–Kier alpha value is -2.24. The average Bonchev–Trinajstić information content (AvgIpc) is 2.59. The third kappa shape index (κ3) is 6.29. The number of nitrogens with one attached hydrogen (secondary N) is 1. The van der Waals surface area contributed by atoms with E-state index in [-0.39, 0.29) is 12.6 Å². The van der Waals surface area contributed by atoms with Crippen LogP contribution in [0, 0.1) is 0 Å². The lowest BCUT2D eigenvalue weighted by Crippen LogP contribution is -2.32. The second kappa shape index (κ2) is 9.30. The van der Waals surface area contributed by atoms with Crippen LogP contribution in [0.4, 0.5) is 0 Å². The van der Waals surface area contributed by atoms with Gasteiger partial charge in [0.25, 0.3) is 5.91 Å². The van der Waals surface area contributed by atoms with Gasteiger partial charge >= 0.3 is 5.97 Å². The standard InChI is InChI=1S/C18H17Cl2NO4/c1-12(15-4-2-3-5-16(15)20)21-17(22)10-25-18(23)11-24-14-8-6-13(19)7-9-14/h2-9,12H,10-11H2,1H3,(H,21,22)/t12-/m1/s1. The minimum atomic E-state index is -0.643. The molecule has 2 rings (SSSR count). The number of benzene rings is 2. The summed E-state index contributed by atoms with van der Waals surface area (Å²) in [4.78, 5) is 23.5. The molecule has 0 unspecified atom stereocenters. The van der Waals surface area contributed by atoms with Crippen LogP contribution in [-0.2, 0) is 14.3 Å². The monoisotopic (exact) mass is 381 g/mol. The van der Waals surface area contributed by atoms with Crippen molar-refractivity contribution in [3.05, 3.63) is 64.1 Å². The lowest BCUT2D eigenvalue weighted by Gasteiger charge is -2.15. The van der Waals surface area contributed by atoms with E-state index in [0.717, 1.165) is 5.56 Å². The number of ether oxygens (including phenoxy) is 2. The van der Waals surface area contributed by atoms with Gasteiger partial charge in [0.15, 0.2) is 13.2 Å². The maximum absolute atomic E-state index is 11.9. The van der Waals surface area contributed by atoms with Crippen molar-refractivity contribution in [2.45, 2.75) is 13.0 Å². The number of amides is 1. The van der Waals surface area contributed by atoms with Gasteiger partial charge in [-0.1, -0.05) is 41.4 Å². The van der Waals surface area contributed by atoms with Gasteiger partial charge in [0.05, 0.1) is 6.04 Å². The SMILES string of the molecule is C[C@@H](NC(=O)COC(=O)COc1ccc(Cl)cc1)c1ccccc1Cl. The average molecular weight is 382 g/mol. The molecule has 0 aliphatic rings. The number of halogens is 2. The van der Waals surface area contributed by atoms with Gasteiger partial charge in [-0.25, -0.2) is 4.79 Å². The second-order valence-corrected chi connectivity index (χ2v) is 6.06. The summed E-state index contributed by atoms with van der Waals surface area (Å²) in [5.41, 5.74) is 0.787. The molecule has 1 atom stereocenters. The van der Waals surface area contributed by atoms with Crippen LogP contribution in [0.25, 0.3) is 0 Å². The number of rotatable bonds is 7. The van der Waals surface area contributed by atoms with E-state index in [0.29, 0.717) is 15.8 Å². The molecule has 0 heterocycles. The zero-order chi connectivity index (χ0) is 18.2. The largest absolute Gasteiger partial charge is 0.482 e. The molecule has 7 heteroatoms. The third-order valence-corrected chi connectivity index (χ3v) is 3.88. The van der Waals surface area contributed by atoms with Crippen molar-refractivity contribution in [1.82, 2.24) is 5.32 Å². The molecule has 0 radical (unpaired) electrons. The van der Waals surface area contributed by atoms with Crippen molar-refractivity contribution in [1.29, 1.82) is 0 Å². The van der Waals surface area contributed by atoms with E-state index in [1.807, 2.05) is 18.2 Å². The first-order chi connectivity index (χ1) is 12.0. The minimum absolute atomic E-state index is 0.297. The molecule has 0 aliphatic carbocycles. The Morgan fingerprint density at radius 3 is 2.40 bits per heavy atom. The van der Waals surface area contributed by atoms with Crippen LogP contribution in [0.5, 0.6) is 5.75 Å². The first-order valence-electron chi connectivity index (χ1n) is 7.53. The predicted molar refractivity (Wildman–Crippen MR) is 95.9 cm³/mol.